The molecule has 0 unspecified atom stereocenters. The first kappa shape index (κ1) is 14.4. The summed E-state index contributed by atoms with van der Waals surface area (Å²) in [7, 11) is 0. The van der Waals surface area contributed by atoms with E-state index in [-0.39, 0.29) is 6.03 Å². The van der Waals surface area contributed by atoms with Gasteiger partial charge in [-0.05, 0) is 36.4 Å². The third-order valence-electron chi connectivity index (χ3n) is 3.17. The Kier molecular flexibility index (Phi) is 4.25. The lowest BCUT2D eigenvalue weighted by Gasteiger charge is -2.09. The largest absolute Gasteiger partial charge is 0.368 e. The number of rotatable bonds is 3. The van der Waals surface area contributed by atoms with Crippen molar-refractivity contribution in [3.05, 3.63) is 59.1 Å². The molecular formula is C16H15ClN4O. The molecular weight excluding hydrogens is 300 g/mol. The lowest BCUT2D eigenvalue weighted by molar-refractivity contribution is 0.262. The fourth-order valence-electron chi connectivity index (χ4n) is 2.16. The normalized spacial score (nSPS) is 13.2. The van der Waals surface area contributed by atoms with Crippen LogP contribution in [0.3, 0.4) is 0 Å². The van der Waals surface area contributed by atoms with Crippen molar-refractivity contribution < 1.29 is 4.79 Å². The van der Waals surface area contributed by atoms with Gasteiger partial charge in [0.1, 0.15) is 5.84 Å². The number of carbonyl (C=O) groups excluding carboxylic acids is 1. The number of nitrogens with one attached hydrogen (secondary N) is 3. The molecule has 3 rings (SSSR count). The van der Waals surface area contributed by atoms with Crippen LogP contribution in [0, 0.1) is 0 Å². The number of anilines is 2. The summed E-state index contributed by atoms with van der Waals surface area (Å²) >= 11 is 5.81. The molecule has 0 atom stereocenters. The van der Waals surface area contributed by atoms with Gasteiger partial charge >= 0.3 is 6.03 Å². The Bertz CT molecular complexity index is 712. The number of hydrogen-bond acceptors (Lipinski definition) is 3. The Morgan fingerprint density at radius 1 is 1.09 bits per heavy atom. The number of aliphatic imine (C=N–C) groups is 1. The molecule has 0 fully saturated rings. The third-order valence-corrected chi connectivity index (χ3v) is 3.42. The van der Waals surface area contributed by atoms with E-state index in [0.717, 1.165) is 24.5 Å². The van der Waals surface area contributed by atoms with Crippen LogP contribution >= 0.6 is 11.6 Å². The predicted octanol–water partition coefficient (Wildman–Crippen LogP) is 3.33. The van der Waals surface area contributed by atoms with E-state index in [4.69, 9.17) is 11.6 Å². The van der Waals surface area contributed by atoms with Gasteiger partial charge < -0.3 is 16.0 Å². The Morgan fingerprint density at radius 3 is 2.59 bits per heavy atom. The minimum Gasteiger partial charge on any atom is -0.368 e. The molecule has 1 heterocycles. The second kappa shape index (κ2) is 6.49. The molecule has 5 nitrogen and oxygen atoms in total. The van der Waals surface area contributed by atoms with Crippen LogP contribution in [0.1, 0.15) is 5.56 Å². The van der Waals surface area contributed by atoms with E-state index in [9.17, 15) is 4.79 Å². The first-order valence-electron chi connectivity index (χ1n) is 6.93. The lowest BCUT2D eigenvalue weighted by Crippen LogP contribution is -2.21. The number of carbonyl (C=O) groups is 1. The number of urea groups is 1. The van der Waals surface area contributed by atoms with Gasteiger partial charge in [-0.2, -0.15) is 0 Å². The van der Waals surface area contributed by atoms with Crippen LogP contribution in [-0.2, 0) is 0 Å². The van der Waals surface area contributed by atoms with E-state index in [1.54, 1.807) is 24.3 Å². The summed E-state index contributed by atoms with van der Waals surface area (Å²) in [5.74, 6) is 0.863. The van der Waals surface area contributed by atoms with Crippen LogP contribution in [-0.4, -0.2) is 25.0 Å². The number of benzene rings is 2. The fraction of sp³-hybridized carbons (Fsp3) is 0.125. The quantitative estimate of drug-likeness (QED) is 0.813. The highest BCUT2D eigenvalue weighted by atomic mass is 35.5. The molecule has 0 saturated heterocycles. The fourth-order valence-corrected chi connectivity index (χ4v) is 2.29. The molecule has 112 valence electrons. The number of nitrogens with zero attached hydrogens (tertiary/aromatic N) is 1. The van der Waals surface area contributed by atoms with Crippen molar-refractivity contribution in [2.24, 2.45) is 4.99 Å². The second-order valence-corrected chi connectivity index (χ2v) is 5.26. The van der Waals surface area contributed by atoms with Crippen LogP contribution in [0.4, 0.5) is 16.2 Å². The van der Waals surface area contributed by atoms with Crippen LogP contribution in [0.5, 0.6) is 0 Å². The molecule has 2 aromatic carbocycles. The molecule has 3 N–H and O–H groups in total. The molecule has 0 aromatic heterocycles. The maximum Gasteiger partial charge on any atom is 0.323 e. The highest BCUT2D eigenvalue weighted by Crippen LogP contribution is 2.15. The van der Waals surface area contributed by atoms with Crippen molar-refractivity contribution in [3.8, 4) is 0 Å². The van der Waals surface area contributed by atoms with E-state index in [0.29, 0.717) is 16.4 Å². The molecule has 0 saturated carbocycles. The lowest BCUT2D eigenvalue weighted by atomic mass is 10.2. The number of halogens is 1. The SMILES string of the molecule is O=C(Nc1ccc(Cl)cc1)Nc1cccc(C2=NCCN2)c1. The van der Waals surface area contributed by atoms with Crippen molar-refractivity contribution in [2.45, 2.75) is 0 Å². The van der Waals surface area contributed by atoms with Crippen LogP contribution in [0.2, 0.25) is 5.02 Å². The summed E-state index contributed by atoms with van der Waals surface area (Å²) in [5, 5.41) is 9.39. The molecule has 1 aliphatic rings. The molecule has 0 bridgehead atoms. The molecule has 6 heteroatoms. The average Bonchev–Trinajstić information content (AvgIpc) is 3.04. The van der Waals surface area contributed by atoms with Crippen LogP contribution in [0.15, 0.2) is 53.5 Å². The summed E-state index contributed by atoms with van der Waals surface area (Å²) in [6, 6.07) is 14.2. The summed E-state index contributed by atoms with van der Waals surface area (Å²) < 4.78 is 0. The predicted molar refractivity (Wildman–Crippen MR) is 89.9 cm³/mol. The molecule has 2 aromatic rings. The van der Waals surface area contributed by atoms with Gasteiger partial charge in [0, 0.05) is 28.5 Å². The monoisotopic (exact) mass is 314 g/mol. The maximum absolute atomic E-state index is 12.0. The zero-order chi connectivity index (χ0) is 15.4. The molecule has 0 spiro atoms. The molecule has 0 aliphatic carbocycles. The van der Waals surface area contributed by atoms with Gasteiger partial charge in [-0.15, -0.1) is 0 Å². The third kappa shape index (κ3) is 3.56. The summed E-state index contributed by atoms with van der Waals surface area (Å²) in [4.78, 5) is 16.4. The number of amides is 2. The molecule has 2 amide bonds. The summed E-state index contributed by atoms with van der Waals surface area (Å²) in [6.45, 7) is 1.63. The Hall–Kier alpha value is -2.53. The molecule has 1 aliphatic heterocycles. The minimum absolute atomic E-state index is 0.305. The highest BCUT2D eigenvalue weighted by molar-refractivity contribution is 6.30. The zero-order valence-electron chi connectivity index (χ0n) is 11.8. The Labute approximate surface area is 133 Å². The van der Waals surface area contributed by atoms with Gasteiger partial charge in [0.15, 0.2) is 0 Å². The van der Waals surface area contributed by atoms with Crippen molar-refractivity contribution in [3.63, 3.8) is 0 Å². The van der Waals surface area contributed by atoms with Gasteiger partial charge in [0.2, 0.25) is 0 Å². The van der Waals surface area contributed by atoms with Crippen molar-refractivity contribution in [1.29, 1.82) is 0 Å². The Balaban J connectivity index is 1.66. The maximum atomic E-state index is 12.0. The van der Waals surface area contributed by atoms with E-state index in [2.05, 4.69) is 20.9 Å². The summed E-state index contributed by atoms with van der Waals surface area (Å²) in [6.07, 6.45) is 0. The highest BCUT2D eigenvalue weighted by Gasteiger charge is 2.09. The van der Waals surface area contributed by atoms with Crippen molar-refractivity contribution in [2.75, 3.05) is 23.7 Å². The second-order valence-electron chi connectivity index (χ2n) is 4.82. The Morgan fingerprint density at radius 2 is 1.86 bits per heavy atom. The van der Waals surface area contributed by atoms with Crippen LogP contribution in [0.25, 0.3) is 0 Å². The van der Waals surface area contributed by atoms with E-state index in [1.165, 1.54) is 0 Å². The first-order chi connectivity index (χ1) is 10.7. The van der Waals surface area contributed by atoms with Gasteiger partial charge in [-0.25, -0.2) is 4.79 Å². The average molecular weight is 315 g/mol. The van der Waals surface area contributed by atoms with Gasteiger partial charge in [-0.3, -0.25) is 4.99 Å². The van der Waals surface area contributed by atoms with Crippen molar-refractivity contribution in [1.82, 2.24) is 5.32 Å². The molecule has 0 radical (unpaired) electrons. The van der Waals surface area contributed by atoms with Crippen LogP contribution < -0.4 is 16.0 Å². The van der Waals surface area contributed by atoms with Crippen molar-refractivity contribution >= 4 is 34.8 Å². The standard InChI is InChI=1S/C16H15ClN4O/c17-12-4-6-13(7-5-12)20-16(22)21-14-3-1-2-11(10-14)15-18-8-9-19-15/h1-7,10H,8-9H2,(H,18,19)(H2,20,21,22). The summed E-state index contributed by atoms with van der Waals surface area (Å²) in [5.41, 5.74) is 2.35. The minimum atomic E-state index is -0.305. The van der Waals surface area contributed by atoms with E-state index >= 15 is 0 Å². The van der Waals surface area contributed by atoms with Gasteiger partial charge in [0.25, 0.3) is 0 Å². The topological polar surface area (TPSA) is 65.5 Å². The zero-order valence-corrected chi connectivity index (χ0v) is 12.5. The van der Waals surface area contributed by atoms with E-state index in [1.807, 2.05) is 24.3 Å². The number of hydrogen-bond donors (Lipinski definition) is 3. The van der Waals surface area contributed by atoms with Gasteiger partial charge in [-0.1, -0.05) is 23.7 Å². The van der Waals surface area contributed by atoms with Gasteiger partial charge in [0.05, 0.1) is 6.54 Å². The van der Waals surface area contributed by atoms with E-state index < -0.39 is 0 Å². The first-order valence-corrected chi connectivity index (χ1v) is 7.31. The smallest absolute Gasteiger partial charge is 0.323 e. The number of amidine groups is 1. The molecule has 22 heavy (non-hydrogen) atoms.